The van der Waals surface area contributed by atoms with E-state index < -0.39 is 0 Å². The number of oxime groups is 1. The Morgan fingerprint density at radius 1 is 1.30 bits per heavy atom. The molecule has 2 aromatic rings. The molecule has 0 unspecified atom stereocenters. The van der Waals surface area contributed by atoms with Crippen LogP contribution in [0.25, 0.3) is 0 Å². The summed E-state index contributed by atoms with van der Waals surface area (Å²) in [5, 5.41) is 12.5. The number of thiophene rings is 1. The number of hydrogen-bond donors (Lipinski definition) is 1. The Morgan fingerprint density at radius 2 is 2.05 bits per heavy atom. The van der Waals surface area contributed by atoms with E-state index >= 15 is 0 Å². The van der Waals surface area contributed by atoms with Gasteiger partial charge in [0.15, 0.2) is 0 Å². The lowest BCUT2D eigenvalue weighted by molar-refractivity contribution is 0.319. The van der Waals surface area contributed by atoms with Crippen LogP contribution in [0.15, 0.2) is 34.3 Å². The summed E-state index contributed by atoms with van der Waals surface area (Å²) in [6, 6.07) is 8.00. The fourth-order valence-electron chi connectivity index (χ4n) is 1.80. The van der Waals surface area contributed by atoms with E-state index in [-0.39, 0.29) is 0 Å². The second-order valence-corrected chi connectivity index (χ2v) is 7.64. The molecule has 2 nitrogen and oxygen atoms in total. The Labute approximate surface area is 136 Å². The summed E-state index contributed by atoms with van der Waals surface area (Å²) in [4.78, 5) is 1.16. The first-order valence-corrected chi connectivity index (χ1v) is 8.43. The molecule has 0 saturated carbocycles. The van der Waals surface area contributed by atoms with Crippen LogP contribution in [-0.4, -0.2) is 16.7 Å². The van der Waals surface area contributed by atoms with Gasteiger partial charge in [-0.2, -0.15) is 0 Å². The van der Waals surface area contributed by atoms with Gasteiger partial charge in [0.2, 0.25) is 0 Å². The van der Waals surface area contributed by atoms with Crippen LogP contribution < -0.4 is 0 Å². The average molecular weight is 346 g/mol. The lowest BCUT2D eigenvalue weighted by Gasteiger charge is -2.07. The van der Waals surface area contributed by atoms with Gasteiger partial charge in [-0.1, -0.05) is 46.1 Å². The molecular weight excluding hydrogens is 333 g/mol. The summed E-state index contributed by atoms with van der Waals surface area (Å²) in [6.07, 6.45) is 0. The predicted octanol–water partition coefficient (Wildman–Crippen LogP) is 5.64. The zero-order chi connectivity index (χ0) is 14.7. The van der Waals surface area contributed by atoms with E-state index in [1.165, 1.54) is 22.5 Å². The fourth-order valence-corrected chi connectivity index (χ4v) is 4.27. The molecule has 1 heterocycles. The van der Waals surface area contributed by atoms with Crippen LogP contribution in [-0.2, 0) is 0 Å². The first kappa shape index (κ1) is 15.7. The van der Waals surface area contributed by atoms with Crippen molar-refractivity contribution in [1.29, 1.82) is 0 Å². The average Bonchev–Trinajstić information content (AvgIpc) is 2.72. The van der Waals surface area contributed by atoms with Crippen molar-refractivity contribution >= 4 is 52.0 Å². The Kier molecular flexibility index (Phi) is 5.38. The molecule has 0 aliphatic heterocycles. The Morgan fingerprint density at radius 3 is 2.60 bits per heavy atom. The van der Waals surface area contributed by atoms with Crippen LogP contribution in [0.4, 0.5) is 0 Å². The van der Waals surface area contributed by atoms with Gasteiger partial charge in [-0.3, -0.25) is 0 Å². The van der Waals surface area contributed by atoms with Gasteiger partial charge in [0.05, 0.1) is 10.0 Å². The monoisotopic (exact) mass is 345 g/mol. The smallest absolute Gasteiger partial charge is 0.104 e. The third-order valence-corrected chi connectivity index (χ3v) is 5.46. The summed E-state index contributed by atoms with van der Waals surface area (Å²) < 4.78 is 1.13. The van der Waals surface area contributed by atoms with E-state index in [0.29, 0.717) is 25.7 Å². The van der Waals surface area contributed by atoms with Crippen LogP contribution >= 0.6 is 46.3 Å². The number of rotatable bonds is 4. The number of nitrogens with zero attached hydrogens (tertiary/aromatic N) is 1. The highest BCUT2D eigenvalue weighted by atomic mass is 35.5. The van der Waals surface area contributed by atoms with Gasteiger partial charge in [-0.25, -0.2) is 0 Å². The molecule has 0 spiro atoms. The maximum atomic E-state index is 9.18. The van der Waals surface area contributed by atoms with Gasteiger partial charge in [0.25, 0.3) is 0 Å². The Hall–Kier alpha value is -0.680. The highest BCUT2D eigenvalue weighted by Crippen LogP contribution is 2.33. The molecule has 0 fully saturated rings. The molecule has 1 aromatic heterocycles. The standard InChI is InChI=1S/C14H13Cl2NOS2/c1-8-3-4-12(9(2)5-8)19-7-11(17-18)10-6-13(15)20-14(10)16/h3-6,18H,7H2,1-2H3/b17-11-. The molecule has 0 saturated heterocycles. The highest BCUT2D eigenvalue weighted by Gasteiger charge is 2.14. The van der Waals surface area contributed by atoms with E-state index in [9.17, 15) is 5.21 Å². The number of benzene rings is 1. The SMILES string of the molecule is Cc1ccc(SC/C(=N/O)c2cc(Cl)sc2Cl)c(C)c1. The summed E-state index contributed by atoms with van der Waals surface area (Å²) in [5.74, 6) is 0.535. The molecule has 1 aromatic carbocycles. The molecule has 2 rings (SSSR count). The third kappa shape index (κ3) is 3.70. The van der Waals surface area contributed by atoms with Gasteiger partial charge in [0.1, 0.15) is 4.34 Å². The van der Waals surface area contributed by atoms with Crippen LogP contribution in [0, 0.1) is 13.8 Å². The molecule has 0 aliphatic carbocycles. The lowest BCUT2D eigenvalue weighted by Crippen LogP contribution is -2.04. The number of thioether (sulfide) groups is 1. The van der Waals surface area contributed by atoms with Gasteiger partial charge >= 0.3 is 0 Å². The van der Waals surface area contributed by atoms with Crippen molar-refractivity contribution in [3.63, 3.8) is 0 Å². The molecule has 1 N–H and O–H groups in total. The minimum Gasteiger partial charge on any atom is -0.411 e. The number of halogens is 2. The third-order valence-electron chi connectivity index (χ3n) is 2.78. The topological polar surface area (TPSA) is 32.6 Å². The van der Waals surface area contributed by atoms with Crippen molar-refractivity contribution in [2.75, 3.05) is 5.75 Å². The molecule has 0 bridgehead atoms. The van der Waals surface area contributed by atoms with Gasteiger partial charge in [0, 0.05) is 16.2 Å². The Bertz CT molecular complexity index is 653. The van der Waals surface area contributed by atoms with Crippen molar-refractivity contribution in [1.82, 2.24) is 0 Å². The fraction of sp³-hybridized carbons (Fsp3) is 0.214. The molecule has 0 atom stereocenters. The van der Waals surface area contributed by atoms with Crippen LogP contribution in [0.2, 0.25) is 8.67 Å². The molecule has 6 heteroatoms. The molecule has 0 amide bonds. The van der Waals surface area contributed by atoms with E-state index in [1.807, 2.05) is 0 Å². The van der Waals surface area contributed by atoms with Crippen molar-refractivity contribution in [2.45, 2.75) is 18.7 Å². The minimum absolute atomic E-state index is 0.531. The van der Waals surface area contributed by atoms with Crippen LogP contribution in [0.3, 0.4) is 0 Å². The number of hydrogen-bond acceptors (Lipinski definition) is 4. The molecule has 106 valence electrons. The number of aryl methyl sites for hydroxylation is 2. The molecule has 20 heavy (non-hydrogen) atoms. The van der Waals surface area contributed by atoms with E-state index in [1.54, 1.807) is 17.8 Å². The lowest BCUT2D eigenvalue weighted by atomic mass is 10.2. The van der Waals surface area contributed by atoms with Gasteiger partial charge in [-0.05, 0) is 31.5 Å². The first-order valence-electron chi connectivity index (χ1n) is 5.87. The van der Waals surface area contributed by atoms with Crippen molar-refractivity contribution in [3.05, 3.63) is 49.6 Å². The van der Waals surface area contributed by atoms with Gasteiger partial charge < -0.3 is 5.21 Å². The largest absolute Gasteiger partial charge is 0.411 e. The minimum atomic E-state index is 0.531. The second kappa shape index (κ2) is 6.85. The van der Waals surface area contributed by atoms with Gasteiger partial charge in [-0.15, -0.1) is 23.1 Å². The summed E-state index contributed by atoms with van der Waals surface area (Å²) >= 11 is 14.9. The quantitative estimate of drug-likeness (QED) is 0.336. The maximum absolute atomic E-state index is 9.18. The highest BCUT2D eigenvalue weighted by molar-refractivity contribution is 8.00. The van der Waals surface area contributed by atoms with Crippen LogP contribution in [0.1, 0.15) is 16.7 Å². The molecule has 0 radical (unpaired) electrons. The molecule has 0 aliphatic rings. The summed E-state index contributed by atoms with van der Waals surface area (Å²) in [7, 11) is 0. The Balaban J connectivity index is 2.14. The van der Waals surface area contributed by atoms with Crippen molar-refractivity contribution in [3.8, 4) is 0 Å². The summed E-state index contributed by atoms with van der Waals surface area (Å²) in [5.41, 5.74) is 3.67. The van der Waals surface area contributed by atoms with Crippen LogP contribution in [0.5, 0.6) is 0 Å². The maximum Gasteiger partial charge on any atom is 0.104 e. The van der Waals surface area contributed by atoms with Crippen molar-refractivity contribution < 1.29 is 5.21 Å². The van der Waals surface area contributed by atoms with E-state index in [0.717, 1.165) is 4.90 Å². The zero-order valence-corrected chi connectivity index (χ0v) is 14.1. The van der Waals surface area contributed by atoms with E-state index in [4.69, 9.17) is 23.2 Å². The zero-order valence-electron chi connectivity index (χ0n) is 11.0. The second-order valence-electron chi connectivity index (χ2n) is 4.34. The van der Waals surface area contributed by atoms with E-state index in [2.05, 4.69) is 37.2 Å². The molecular formula is C14H13Cl2NOS2. The normalized spacial score (nSPS) is 11.9. The predicted molar refractivity (Wildman–Crippen MR) is 89.3 cm³/mol. The summed E-state index contributed by atoms with van der Waals surface area (Å²) in [6.45, 7) is 4.13. The first-order chi connectivity index (χ1) is 9.51. The van der Waals surface area contributed by atoms with Crippen molar-refractivity contribution in [2.24, 2.45) is 5.16 Å².